The Morgan fingerprint density at radius 1 is 1.40 bits per heavy atom. The Morgan fingerprint density at radius 3 is 2.55 bits per heavy atom. The van der Waals surface area contributed by atoms with Crippen molar-refractivity contribution >= 4 is 27.2 Å². The van der Waals surface area contributed by atoms with Gasteiger partial charge in [0.1, 0.15) is 4.99 Å². The van der Waals surface area contributed by atoms with Crippen molar-refractivity contribution in [2.45, 2.75) is 25.2 Å². The Morgan fingerprint density at radius 2 is 2.05 bits per heavy atom. The molecule has 112 valence electrons. The number of nitrogens with zero attached hydrogens (tertiary/aromatic N) is 1. The van der Waals surface area contributed by atoms with Crippen LogP contribution < -0.4 is 5.73 Å². The Hall–Kier alpha value is -1.02. The van der Waals surface area contributed by atoms with E-state index in [1.165, 1.54) is 10.4 Å². The zero-order chi connectivity index (χ0) is 15.3. The van der Waals surface area contributed by atoms with Gasteiger partial charge in [0.05, 0.1) is 11.5 Å². The summed E-state index contributed by atoms with van der Waals surface area (Å²) < 4.78 is 26.6. The van der Waals surface area contributed by atoms with Gasteiger partial charge in [-0.1, -0.05) is 31.3 Å². The highest BCUT2D eigenvalue weighted by Gasteiger charge is 2.25. The summed E-state index contributed by atoms with van der Waals surface area (Å²) in [5.41, 5.74) is 6.70. The van der Waals surface area contributed by atoms with Gasteiger partial charge in [-0.15, -0.1) is 0 Å². The molecule has 0 radical (unpaired) electrons. The summed E-state index contributed by atoms with van der Waals surface area (Å²) in [6.45, 7) is 3.83. The molecule has 0 spiro atoms. The third kappa shape index (κ3) is 3.76. The number of aliphatic hydroxyl groups is 1. The highest BCUT2D eigenvalue weighted by molar-refractivity contribution is 7.89. The zero-order valence-corrected chi connectivity index (χ0v) is 13.3. The lowest BCUT2D eigenvalue weighted by Gasteiger charge is -2.22. The van der Waals surface area contributed by atoms with Gasteiger partial charge in [0.15, 0.2) is 0 Å². The van der Waals surface area contributed by atoms with Crippen LogP contribution in [0.5, 0.6) is 0 Å². The summed E-state index contributed by atoms with van der Waals surface area (Å²) in [7, 11) is -3.65. The predicted octanol–water partition coefficient (Wildman–Crippen LogP) is 1.02. The number of nitrogens with two attached hydrogens (primary N) is 1. The van der Waals surface area contributed by atoms with Crippen LogP contribution in [0.3, 0.4) is 0 Å². The van der Waals surface area contributed by atoms with Crippen LogP contribution in [0.4, 0.5) is 0 Å². The Balaban J connectivity index is 3.32. The quantitative estimate of drug-likeness (QED) is 0.734. The van der Waals surface area contributed by atoms with Crippen molar-refractivity contribution in [3.8, 4) is 0 Å². The number of benzene rings is 1. The zero-order valence-electron chi connectivity index (χ0n) is 11.7. The number of aryl methyl sites for hydroxylation is 1. The molecule has 0 aromatic heterocycles. The van der Waals surface area contributed by atoms with Crippen molar-refractivity contribution in [2.24, 2.45) is 5.73 Å². The van der Waals surface area contributed by atoms with E-state index < -0.39 is 10.0 Å². The van der Waals surface area contributed by atoms with Crippen LogP contribution >= 0.6 is 12.2 Å². The molecule has 1 aromatic rings. The fraction of sp³-hybridized carbons (Fsp3) is 0.462. The number of hydrogen-bond acceptors (Lipinski definition) is 4. The van der Waals surface area contributed by atoms with E-state index in [-0.39, 0.29) is 23.0 Å². The topological polar surface area (TPSA) is 83.6 Å². The Labute approximate surface area is 125 Å². The minimum atomic E-state index is -3.65. The first kappa shape index (κ1) is 17.0. The maximum absolute atomic E-state index is 12.6. The molecule has 0 saturated heterocycles. The van der Waals surface area contributed by atoms with Crippen molar-refractivity contribution in [2.75, 3.05) is 19.7 Å². The summed E-state index contributed by atoms with van der Waals surface area (Å²) in [5.74, 6) is 0. The highest BCUT2D eigenvalue weighted by Crippen LogP contribution is 2.21. The number of sulfonamides is 1. The molecule has 0 aliphatic carbocycles. The summed E-state index contributed by atoms with van der Waals surface area (Å²) >= 11 is 4.89. The van der Waals surface area contributed by atoms with Gasteiger partial charge in [0.25, 0.3) is 0 Å². The molecule has 0 unspecified atom stereocenters. The molecule has 0 amide bonds. The van der Waals surface area contributed by atoms with Crippen molar-refractivity contribution in [1.82, 2.24) is 4.31 Å². The molecule has 0 fully saturated rings. The van der Waals surface area contributed by atoms with Crippen LogP contribution in [-0.2, 0) is 10.0 Å². The molecule has 0 atom stereocenters. The molecule has 1 rings (SSSR count). The van der Waals surface area contributed by atoms with Crippen molar-refractivity contribution in [3.63, 3.8) is 0 Å². The number of thiocarbonyl (C=S) groups is 1. The normalized spacial score (nSPS) is 11.8. The SMILES string of the molecule is CCCN(CCO)S(=O)(=O)c1cc(C(N)=S)ccc1C. The largest absolute Gasteiger partial charge is 0.395 e. The van der Waals surface area contributed by atoms with E-state index in [4.69, 9.17) is 23.1 Å². The molecule has 0 saturated carbocycles. The van der Waals surface area contributed by atoms with E-state index >= 15 is 0 Å². The number of aliphatic hydroxyl groups excluding tert-OH is 1. The van der Waals surface area contributed by atoms with Gasteiger partial charge in [-0.25, -0.2) is 8.42 Å². The average Bonchev–Trinajstić information content (AvgIpc) is 2.38. The highest BCUT2D eigenvalue weighted by atomic mass is 32.2. The van der Waals surface area contributed by atoms with Crippen LogP contribution in [0.15, 0.2) is 23.1 Å². The molecular weight excluding hydrogens is 296 g/mol. The fourth-order valence-corrected chi connectivity index (χ4v) is 3.78. The van der Waals surface area contributed by atoms with Gasteiger partial charge in [0.2, 0.25) is 10.0 Å². The van der Waals surface area contributed by atoms with E-state index in [0.29, 0.717) is 24.1 Å². The maximum atomic E-state index is 12.6. The summed E-state index contributed by atoms with van der Waals surface area (Å²) in [5, 5.41) is 9.04. The van der Waals surface area contributed by atoms with Crippen molar-refractivity contribution in [3.05, 3.63) is 29.3 Å². The Kier molecular flexibility index (Phi) is 6.07. The Bertz CT molecular complexity index is 579. The maximum Gasteiger partial charge on any atom is 0.243 e. The standard InChI is InChI=1S/C13H20N2O3S2/c1-3-6-15(7-8-16)20(17,18)12-9-11(13(14)19)5-4-10(12)2/h4-5,9,16H,3,6-8H2,1-2H3,(H2,14,19). The molecule has 0 heterocycles. The molecule has 20 heavy (non-hydrogen) atoms. The average molecular weight is 316 g/mol. The molecule has 0 bridgehead atoms. The van der Waals surface area contributed by atoms with Crippen LogP contribution in [-0.4, -0.2) is 42.5 Å². The third-order valence-corrected chi connectivity index (χ3v) is 5.19. The summed E-state index contributed by atoms with van der Waals surface area (Å²) in [6.07, 6.45) is 0.674. The first-order valence-electron chi connectivity index (χ1n) is 6.36. The second-order valence-electron chi connectivity index (χ2n) is 4.47. The number of hydrogen-bond donors (Lipinski definition) is 2. The fourth-order valence-electron chi connectivity index (χ4n) is 1.88. The summed E-state index contributed by atoms with van der Waals surface area (Å²) in [6, 6.07) is 4.88. The predicted molar refractivity (Wildman–Crippen MR) is 83.2 cm³/mol. The molecule has 7 heteroatoms. The lowest BCUT2D eigenvalue weighted by atomic mass is 10.1. The van der Waals surface area contributed by atoms with E-state index in [1.54, 1.807) is 19.1 Å². The minimum Gasteiger partial charge on any atom is -0.395 e. The molecule has 0 aliphatic rings. The van der Waals surface area contributed by atoms with Crippen LogP contribution in [0.1, 0.15) is 24.5 Å². The lowest BCUT2D eigenvalue weighted by Crippen LogP contribution is -2.34. The second-order valence-corrected chi connectivity index (χ2v) is 6.82. The van der Waals surface area contributed by atoms with Crippen molar-refractivity contribution in [1.29, 1.82) is 0 Å². The molecule has 1 aromatic carbocycles. The molecule has 0 aliphatic heterocycles. The number of rotatable bonds is 7. The van der Waals surface area contributed by atoms with Gasteiger partial charge in [-0.3, -0.25) is 0 Å². The van der Waals surface area contributed by atoms with Crippen molar-refractivity contribution < 1.29 is 13.5 Å². The minimum absolute atomic E-state index is 0.0763. The van der Waals surface area contributed by atoms with E-state index in [1.807, 2.05) is 6.92 Å². The lowest BCUT2D eigenvalue weighted by molar-refractivity contribution is 0.253. The smallest absolute Gasteiger partial charge is 0.243 e. The third-order valence-electron chi connectivity index (χ3n) is 2.91. The van der Waals surface area contributed by atoms with Gasteiger partial charge < -0.3 is 10.8 Å². The van der Waals surface area contributed by atoms with Gasteiger partial charge >= 0.3 is 0 Å². The summed E-state index contributed by atoms with van der Waals surface area (Å²) in [4.78, 5) is 0.343. The monoisotopic (exact) mass is 316 g/mol. The van der Waals surface area contributed by atoms with E-state index in [0.717, 1.165) is 0 Å². The van der Waals surface area contributed by atoms with E-state index in [9.17, 15) is 8.42 Å². The van der Waals surface area contributed by atoms with Gasteiger partial charge in [-0.2, -0.15) is 4.31 Å². The van der Waals surface area contributed by atoms with Crippen LogP contribution in [0.25, 0.3) is 0 Å². The second kappa shape index (κ2) is 7.12. The van der Waals surface area contributed by atoms with E-state index in [2.05, 4.69) is 0 Å². The van der Waals surface area contributed by atoms with Crippen LogP contribution in [0, 0.1) is 6.92 Å². The molecule has 5 nitrogen and oxygen atoms in total. The first-order valence-corrected chi connectivity index (χ1v) is 8.20. The first-order chi connectivity index (χ1) is 9.34. The van der Waals surface area contributed by atoms with Gasteiger partial charge in [-0.05, 0) is 25.0 Å². The van der Waals surface area contributed by atoms with Crippen LogP contribution in [0.2, 0.25) is 0 Å². The molecule has 3 N–H and O–H groups in total. The molecular formula is C13H20N2O3S2. The van der Waals surface area contributed by atoms with Gasteiger partial charge in [0, 0.05) is 18.7 Å².